The molecule has 0 saturated heterocycles. The molecule has 5 aromatic rings. The molecule has 1 unspecified atom stereocenters. The van der Waals surface area contributed by atoms with E-state index in [2.05, 4.69) is 25.9 Å². The smallest absolute Gasteiger partial charge is 0.328 e. The fourth-order valence-corrected chi connectivity index (χ4v) is 5.82. The molecule has 0 aliphatic rings. The lowest BCUT2D eigenvalue weighted by molar-refractivity contribution is -0.142. The maximum absolute atomic E-state index is 13.2. The van der Waals surface area contributed by atoms with E-state index in [0.717, 1.165) is 22.0 Å². The van der Waals surface area contributed by atoms with Crippen LogP contribution in [-0.4, -0.2) is 43.5 Å². The highest BCUT2D eigenvalue weighted by Gasteiger charge is 2.25. The Morgan fingerprint density at radius 2 is 1.60 bits per heavy atom. The third-order valence-corrected chi connectivity index (χ3v) is 8.32. The number of urea groups is 1. The summed E-state index contributed by atoms with van der Waals surface area (Å²) in [4.78, 5) is 34.1. The van der Waals surface area contributed by atoms with Crippen molar-refractivity contribution in [2.45, 2.75) is 22.3 Å². The van der Waals surface area contributed by atoms with Crippen LogP contribution in [0.5, 0.6) is 0 Å². The summed E-state index contributed by atoms with van der Waals surface area (Å²) in [5.74, 6) is 0.0127. The van der Waals surface area contributed by atoms with Gasteiger partial charge in [-0.3, -0.25) is 4.98 Å². The van der Waals surface area contributed by atoms with Gasteiger partial charge in [0.1, 0.15) is 11.9 Å². The Hall–Kier alpha value is -5.29. The lowest BCUT2D eigenvalue weighted by Gasteiger charge is -2.18. The summed E-state index contributed by atoms with van der Waals surface area (Å²) in [7, 11) is -2.67. The van der Waals surface area contributed by atoms with E-state index in [1.165, 1.54) is 31.4 Å². The number of sulfone groups is 1. The summed E-state index contributed by atoms with van der Waals surface area (Å²) in [6.45, 7) is 0. The standard InChI is InChI=1S/C31H27N5O5S/c1-41-30(37)27(19-21-11-13-23(14-12-21)34-29-25-20-32-17-15-22(25)16-18-33-29)36-31(38)35-26-9-5-6-10-28(26)42(39,40)24-7-3-2-4-8-24/h2-18,20,27H,19H2,1H3,(H,33,34)(H2,35,36,38). The zero-order valence-electron chi connectivity index (χ0n) is 22.5. The van der Waals surface area contributed by atoms with Crippen molar-refractivity contribution < 1.29 is 22.7 Å². The van der Waals surface area contributed by atoms with E-state index >= 15 is 0 Å². The minimum absolute atomic E-state index is 0.0690. The van der Waals surface area contributed by atoms with E-state index < -0.39 is 27.9 Å². The normalized spacial score (nSPS) is 11.8. The number of hydrogen-bond donors (Lipinski definition) is 3. The molecule has 0 saturated carbocycles. The quantitative estimate of drug-likeness (QED) is 0.204. The molecule has 3 aromatic carbocycles. The fourth-order valence-electron chi connectivity index (χ4n) is 4.39. The number of benzene rings is 3. The summed E-state index contributed by atoms with van der Waals surface area (Å²) in [5.41, 5.74) is 1.62. The SMILES string of the molecule is COC(=O)C(Cc1ccc(Nc2nccc3ccncc23)cc1)NC(=O)Nc1ccccc1S(=O)(=O)c1ccccc1. The molecule has 0 bridgehead atoms. The second-order valence-electron chi connectivity index (χ2n) is 9.27. The van der Waals surface area contributed by atoms with Gasteiger partial charge in [-0.2, -0.15) is 0 Å². The number of nitrogens with one attached hydrogen (secondary N) is 3. The number of fused-ring (bicyclic) bond motifs is 1. The van der Waals surface area contributed by atoms with Gasteiger partial charge in [-0.25, -0.2) is 23.0 Å². The van der Waals surface area contributed by atoms with Crippen molar-refractivity contribution >= 4 is 49.8 Å². The predicted molar refractivity (Wildman–Crippen MR) is 159 cm³/mol. The topological polar surface area (TPSA) is 139 Å². The van der Waals surface area contributed by atoms with E-state index in [1.807, 2.05) is 36.4 Å². The van der Waals surface area contributed by atoms with Crippen LogP contribution in [0.25, 0.3) is 10.8 Å². The predicted octanol–water partition coefficient (Wildman–Crippen LogP) is 5.11. The van der Waals surface area contributed by atoms with Gasteiger partial charge in [0.05, 0.1) is 22.6 Å². The van der Waals surface area contributed by atoms with Crippen molar-refractivity contribution in [3.05, 3.63) is 115 Å². The number of anilines is 3. The first-order valence-corrected chi connectivity index (χ1v) is 14.4. The van der Waals surface area contributed by atoms with Gasteiger partial charge in [-0.05, 0) is 59.5 Å². The Labute approximate surface area is 242 Å². The second-order valence-corrected chi connectivity index (χ2v) is 11.2. The number of esters is 1. The van der Waals surface area contributed by atoms with E-state index in [-0.39, 0.29) is 21.9 Å². The number of ether oxygens (including phenoxy) is 1. The van der Waals surface area contributed by atoms with Crippen LogP contribution in [0.1, 0.15) is 5.56 Å². The largest absolute Gasteiger partial charge is 0.467 e. The maximum atomic E-state index is 13.2. The number of carbonyl (C=O) groups excluding carboxylic acids is 2. The van der Waals surface area contributed by atoms with Crippen molar-refractivity contribution in [1.82, 2.24) is 15.3 Å². The van der Waals surface area contributed by atoms with E-state index in [9.17, 15) is 18.0 Å². The van der Waals surface area contributed by atoms with Gasteiger partial charge in [0.15, 0.2) is 0 Å². The van der Waals surface area contributed by atoms with Crippen molar-refractivity contribution in [2.24, 2.45) is 0 Å². The molecule has 42 heavy (non-hydrogen) atoms. The zero-order valence-corrected chi connectivity index (χ0v) is 23.3. The lowest BCUT2D eigenvalue weighted by atomic mass is 10.1. The molecule has 0 radical (unpaired) electrons. The molecule has 10 nitrogen and oxygen atoms in total. The van der Waals surface area contributed by atoms with E-state index in [1.54, 1.807) is 48.9 Å². The molecule has 1 atom stereocenters. The van der Waals surface area contributed by atoms with Crippen LogP contribution in [0.15, 0.2) is 119 Å². The van der Waals surface area contributed by atoms with Crippen molar-refractivity contribution in [1.29, 1.82) is 0 Å². The number of amides is 2. The van der Waals surface area contributed by atoms with Gasteiger partial charge in [0.2, 0.25) is 9.84 Å². The first-order valence-electron chi connectivity index (χ1n) is 12.9. The monoisotopic (exact) mass is 581 g/mol. The van der Waals surface area contributed by atoms with Crippen LogP contribution >= 0.6 is 0 Å². The fraction of sp³-hybridized carbons (Fsp3) is 0.0968. The average molecular weight is 582 g/mol. The Kier molecular flexibility index (Phi) is 8.39. The van der Waals surface area contributed by atoms with Crippen molar-refractivity contribution in [2.75, 3.05) is 17.7 Å². The van der Waals surface area contributed by atoms with Gasteiger partial charge >= 0.3 is 12.0 Å². The molecule has 2 aromatic heterocycles. The second kappa shape index (κ2) is 12.5. The van der Waals surface area contributed by atoms with Crippen LogP contribution in [0.2, 0.25) is 0 Å². The Bertz CT molecular complexity index is 1830. The summed E-state index contributed by atoms with van der Waals surface area (Å²) in [6, 6.07) is 23.3. The number of carbonyl (C=O) groups is 2. The molecule has 3 N–H and O–H groups in total. The number of methoxy groups -OCH3 is 1. The molecule has 2 heterocycles. The number of para-hydroxylation sites is 1. The molecule has 0 spiro atoms. The first-order chi connectivity index (χ1) is 20.3. The van der Waals surface area contributed by atoms with Crippen molar-refractivity contribution in [3.63, 3.8) is 0 Å². The summed E-state index contributed by atoms with van der Waals surface area (Å²) >= 11 is 0. The minimum Gasteiger partial charge on any atom is -0.467 e. The highest BCUT2D eigenvalue weighted by molar-refractivity contribution is 7.91. The van der Waals surface area contributed by atoms with Gasteiger partial charge in [-0.15, -0.1) is 0 Å². The van der Waals surface area contributed by atoms with Gasteiger partial charge in [0.25, 0.3) is 0 Å². The highest BCUT2D eigenvalue weighted by Crippen LogP contribution is 2.28. The van der Waals surface area contributed by atoms with E-state index in [0.29, 0.717) is 5.82 Å². The molecule has 0 fully saturated rings. The van der Waals surface area contributed by atoms with Crippen LogP contribution in [0.3, 0.4) is 0 Å². The highest BCUT2D eigenvalue weighted by atomic mass is 32.2. The third-order valence-electron chi connectivity index (χ3n) is 6.49. The number of hydrogen-bond acceptors (Lipinski definition) is 8. The average Bonchev–Trinajstić information content (AvgIpc) is 3.02. The van der Waals surface area contributed by atoms with Crippen LogP contribution in [-0.2, 0) is 25.8 Å². The molecule has 2 amide bonds. The summed E-state index contributed by atoms with van der Waals surface area (Å²) in [5, 5.41) is 10.3. The minimum atomic E-state index is -3.90. The Morgan fingerprint density at radius 1 is 0.881 bits per heavy atom. The zero-order chi connectivity index (χ0) is 29.5. The summed E-state index contributed by atoms with van der Waals surface area (Å²) in [6.07, 6.45) is 5.32. The Balaban J connectivity index is 1.28. The number of nitrogens with zero attached hydrogens (tertiary/aromatic N) is 2. The lowest BCUT2D eigenvalue weighted by Crippen LogP contribution is -2.45. The first kappa shape index (κ1) is 28.2. The molecule has 5 rings (SSSR count). The van der Waals surface area contributed by atoms with E-state index in [4.69, 9.17) is 4.74 Å². The van der Waals surface area contributed by atoms with Gasteiger partial charge < -0.3 is 20.7 Å². The molecule has 0 aliphatic heterocycles. The summed E-state index contributed by atoms with van der Waals surface area (Å²) < 4.78 is 31.3. The molecular formula is C31H27N5O5S. The molecular weight excluding hydrogens is 554 g/mol. The van der Waals surface area contributed by atoms with Crippen LogP contribution in [0.4, 0.5) is 22.0 Å². The molecule has 11 heteroatoms. The third kappa shape index (κ3) is 6.37. The van der Waals surface area contributed by atoms with Crippen LogP contribution < -0.4 is 16.0 Å². The van der Waals surface area contributed by atoms with Gasteiger partial charge in [-0.1, -0.05) is 42.5 Å². The molecule has 0 aliphatic carbocycles. The van der Waals surface area contributed by atoms with Crippen LogP contribution in [0, 0.1) is 0 Å². The number of rotatable bonds is 9. The van der Waals surface area contributed by atoms with Crippen molar-refractivity contribution in [3.8, 4) is 0 Å². The number of pyridine rings is 2. The van der Waals surface area contributed by atoms with Gasteiger partial charge in [0, 0.05) is 36.1 Å². The molecule has 212 valence electrons. The maximum Gasteiger partial charge on any atom is 0.328 e. The number of aromatic nitrogens is 2. The Morgan fingerprint density at radius 3 is 2.36 bits per heavy atom.